The monoisotopic (exact) mass is 377 g/mol. The molecule has 0 saturated carbocycles. The van der Waals surface area contributed by atoms with Gasteiger partial charge in [-0.2, -0.15) is 0 Å². The first-order valence-corrected chi connectivity index (χ1v) is 12.1. The van der Waals surface area contributed by atoms with Gasteiger partial charge in [-0.25, -0.2) is 4.79 Å². The van der Waals surface area contributed by atoms with Gasteiger partial charge in [0, 0.05) is 24.6 Å². The molecule has 1 amide bonds. The Hall–Kier alpha value is -1.66. The van der Waals surface area contributed by atoms with E-state index in [1.807, 2.05) is 30.3 Å². The molecule has 26 heavy (non-hydrogen) atoms. The van der Waals surface area contributed by atoms with Crippen molar-refractivity contribution in [2.75, 3.05) is 13.7 Å². The Morgan fingerprint density at radius 1 is 1.19 bits per heavy atom. The molecular formula is C20H31NO4Si. The minimum atomic E-state index is -1.94. The highest BCUT2D eigenvalue weighted by Crippen LogP contribution is 2.39. The van der Waals surface area contributed by atoms with Gasteiger partial charge in [0.2, 0.25) is 0 Å². The number of methoxy groups -OCH3 is 1. The van der Waals surface area contributed by atoms with Crippen LogP contribution in [0.4, 0.5) is 4.79 Å². The highest BCUT2D eigenvalue weighted by Gasteiger charge is 2.44. The van der Waals surface area contributed by atoms with Crippen LogP contribution in [0.25, 0.3) is 0 Å². The smallest absolute Gasteiger partial charge is 0.409 e. The first-order valence-electron chi connectivity index (χ1n) is 9.16. The Labute approximate surface area is 157 Å². The van der Waals surface area contributed by atoms with Gasteiger partial charge in [0.05, 0.1) is 13.2 Å². The second kappa shape index (κ2) is 7.92. The molecule has 1 heterocycles. The second-order valence-electron chi connectivity index (χ2n) is 8.51. The van der Waals surface area contributed by atoms with E-state index >= 15 is 0 Å². The van der Waals surface area contributed by atoms with Crippen LogP contribution in [0.2, 0.25) is 18.1 Å². The topological polar surface area (TPSA) is 55.8 Å². The number of benzene rings is 1. The molecule has 1 aromatic carbocycles. The fraction of sp³-hybridized carbons (Fsp3) is 0.600. The SMILES string of the molecule is COC(=O)N1CC(O[Si](C)(C)C(C)(C)C)CC1CC(=O)c1ccccc1. The van der Waals surface area contributed by atoms with Gasteiger partial charge in [-0.3, -0.25) is 4.79 Å². The molecule has 1 fully saturated rings. The summed E-state index contributed by atoms with van der Waals surface area (Å²) in [4.78, 5) is 26.4. The fourth-order valence-corrected chi connectivity index (χ4v) is 4.40. The van der Waals surface area contributed by atoms with E-state index in [4.69, 9.17) is 9.16 Å². The minimum absolute atomic E-state index is 0.0393. The normalized spacial score (nSPS) is 20.9. The van der Waals surface area contributed by atoms with E-state index in [0.29, 0.717) is 18.5 Å². The summed E-state index contributed by atoms with van der Waals surface area (Å²) in [6.07, 6.45) is 0.511. The van der Waals surface area contributed by atoms with Gasteiger partial charge in [-0.15, -0.1) is 0 Å². The molecule has 1 aromatic rings. The molecule has 0 spiro atoms. The standard InChI is InChI=1S/C20H31NO4Si/c1-20(2,3)26(5,6)25-17-12-16(21(14-17)19(23)24-4)13-18(22)15-10-8-7-9-11-15/h7-11,16-17H,12-14H2,1-6H3. The summed E-state index contributed by atoms with van der Waals surface area (Å²) < 4.78 is 11.4. The number of rotatable bonds is 5. The zero-order valence-electron chi connectivity index (χ0n) is 16.7. The predicted molar refractivity (Wildman–Crippen MR) is 105 cm³/mol. The Kier molecular flexibility index (Phi) is 6.29. The average Bonchev–Trinajstić information content (AvgIpc) is 2.95. The molecule has 0 aliphatic carbocycles. The third-order valence-electron chi connectivity index (χ3n) is 5.57. The summed E-state index contributed by atoms with van der Waals surface area (Å²) in [6.45, 7) is 11.5. The van der Waals surface area contributed by atoms with Crippen molar-refractivity contribution < 1.29 is 18.8 Å². The van der Waals surface area contributed by atoms with Gasteiger partial charge in [0.25, 0.3) is 0 Å². The Morgan fingerprint density at radius 3 is 2.35 bits per heavy atom. The van der Waals surface area contributed by atoms with Crippen LogP contribution >= 0.6 is 0 Å². The molecule has 6 heteroatoms. The molecule has 144 valence electrons. The Morgan fingerprint density at radius 2 is 1.81 bits per heavy atom. The number of nitrogens with zero attached hydrogens (tertiary/aromatic N) is 1. The summed E-state index contributed by atoms with van der Waals surface area (Å²) in [5.74, 6) is 0.0393. The number of hydrogen-bond acceptors (Lipinski definition) is 4. The lowest BCUT2D eigenvalue weighted by Gasteiger charge is -2.38. The number of Topliss-reactive ketones (excluding diaryl/α,β-unsaturated/α-hetero) is 1. The van der Waals surface area contributed by atoms with E-state index in [-0.39, 0.29) is 29.4 Å². The van der Waals surface area contributed by atoms with Crippen molar-refractivity contribution in [2.45, 2.75) is 63.9 Å². The van der Waals surface area contributed by atoms with Crippen molar-refractivity contribution in [1.29, 1.82) is 0 Å². The summed E-state index contributed by atoms with van der Waals surface area (Å²) in [7, 11) is -0.566. The number of likely N-dealkylation sites (tertiary alicyclic amines) is 1. The maximum atomic E-state index is 12.6. The maximum absolute atomic E-state index is 12.6. The summed E-state index contributed by atoms with van der Waals surface area (Å²) in [5, 5.41) is 0.0983. The number of hydrogen-bond donors (Lipinski definition) is 0. The lowest BCUT2D eigenvalue weighted by atomic mass is 10.0. The van der Waals surface area contributed by atoms with E-state index in [1.54, 1.807) is 4.90 Å². The fourth-order valence-electron chi connectivity index (χ4n) is 3.04. The van der Waals surface area contributed by atoms with Gasteiger partial charge in [-0.1, -0.05) is 51.1 Å². The highest BCUT2D eigenvalue weighted by molar-refractivity contribution is 6.74. The van der Waals surface area contributed by atoms with Crippen molar-refractivity contribution in [2.24, 2.45) is 0 Å². The van der Waals surface area contributed by atoms with E-state index in [2.05, 4.69) is 33.9 Å². The van der Waals surface area contributed by atoms with Crippen LogP contribution in [0.3, 0.4) is 0 Å². The van der Waals surface area contributed by atoms with Crippen LogP contribution in [0.1, 0.15) is 44.0 Å². The zero-order chi connectivity index (χ0) is 19.5. The molecule has 2 atom stereocenters. The molecule has 0 aromatic heterocycles. The lowest BCUT2D eigenvalue weighted by molar-refractivity contribution is 0.0911. The van der Waals surface area contributed by atoms with E-state index < -0.39 is 14.4 Å². The quantitative estimate of drug-likeness (QED) is 0.560. The molecular weight excluding hydrogens is 346 g/mol. The first-order chi connectivity index (χ1) is 12.0. The van der Waals surface area contributed by atoms with Gasteiger partial charge in [-0.05, 0) is 24.6 Å². The second-order valence-corrected chi connectivity index (χ2v) is 13.3. The van der Waals surface area contributed by atoms with Crippen molar-refractivity contribution in [3.8, 4) is 0 Å². The zero-order valence-corrected chi connectivity index (χ0v) is 17.7. The molecule has 1 aliphatic rings. The van der Waals surface area contributed by atoms with Crippen LogP contribution in [-0.2, 0) is 9.16 Å². The van der Waals surface area contributed by atoms with Crippen molar-refractivity contribution in [3.63, 3.8) is 0 Å². The Bertz CT molecular complexity index is 639. The molecule has 1 saturated heterocycles. The number of amides is 1. The summed E-state index contributed by atoms with van der Waals surface area (Å²) in [6, 6.07) is 9.01. The molecule has 2 unspecified atom stereocenters. The molecule has 2 rings (SSSR count). The van der Waals surface area contributed by atoms with Crippen LogP contribution in [0.15, 0.2) is 30.3 Å². The number of carbonyl (C=O) groups is 2. The van der Waals surface area contributed by atoms with Crippen LogP contribution in [0.5, 0.6) is 0 Å². The highest BCUT2D eigenvalue weighted by atomic mass is 28.4. The summed E-state index contributed by atoms with van der Waals surface area (Å²) in [5.41, 5.74) is 0.672. The van der Waals surface area contributed by atoms with Crippen molar-refractivity contribution in [3.05, 3.63) is 35.9 Å². The van der Waals surface area contributed by atoms with Gasteiger partial charge in [0.15, 0.2) is 14.1 Å². The minimum Gasteiger partial charge on any atom is -0.453 e. The lowest BCUT2D eigenvalue weighted by Crippen LogP contribution is -2.44. The van der Waals surface area contributed by atoms with Crippen LogP contribution in [0, 0.1) is 0 Å². The van der Waals surface area contributed by atoms with Crippen molar-refractivity contribution >= 4 is 20.2 Å². The molecule has 0 radical (unpaired) electrons. The van der Waals surface area contributed by atoms with Crippen LogP contribution < -0.4 is 0 Å². The van der Waals surface area contributed by atoms with Crippen LogP contribution in [-0.4, -0.2) is 50.9 Å². The van der Waals surface area contributed by atoms with E-state index in [9.17, 15) is 9.59 Å². The maximum Gasteiger partial charge on any atom is 0.409 e. The Balaban J connectivity index is 2.11. The number of ether oxygens (including phenoxy) is 1. The molecule has 0 bridgehead atoms. The average molecular weight is 378 g/mol. The van der Waals surface area contributed by atoms with E-state index in [0.717, 1.165) is 0 Å². The number of carbonyl (C=O) groups excluding carboxylic acids is 2. The summed E-state index contributed by atoms with van der Waals surface area (Å²) >= 11 is 0. The van der Waals surface area contributed by atoms with Gasteiger partial charge < -0.3 is 14.1 Å². The number of ketones is 1. The largest absolute Gasteiger partial charge is 0.453 e. The van der Waals surface area contributed by atoms with Gasteiger partial charge >= 0.3 is 6.09 Å². The van der Waals surface area contributed by atoms with E-state index in [1.165, 1.54) is 7.11 Å². The third kappa shape index (κ3) is 4.74. The van der Waals surface area contributed by atoms with Gasteiger partial charge in [0.1, 0.15) is 0 Å². The first kappa shape index (κ1) is 20.6. The molecule has 5 nitrogen and oxygen atoms in total. The third-order valence-corrected chi connectivity index (χ3v) is 10.1. The predicted octanol–water partition coefficient (Wildman–Crippen LogP) is 4.49. The van der Waals surface area contributed by atoms with Crippen molar-refractivity contribution in [1.82, 2.24) is 4.90 Å². The molecule has 0 N–H and O–H groups in total. The molecule has 1 aliphatic heterocycles.